The summed E-state index contributed by atoms with van der Waals surface area (Å²) >= 11 is 0. The van der Waals surface area contributed by atoms with Gasteiger partial charge in [0.05, 0.1) is 11.6 Å². The molecule has 1 saturated heterocycles. The van der Waals surface area contributed by atoms with Crippen LogP contribution in [0, 0.1) is 0 Å². The zero-order chi connectivity index (χ0) is 21.0. The van der Waals surface area contributed by atoms with Gasteiger partial charge in [0, 0.05) is 52.5 Å². The number of aromatic nitrogens is 4. The lowest BCUT2D eigenvalue weighted by molar-refractivity contribution is 0.109. The monoisotopic (exact) mass is 397 g/mol. The van der Waals surface area contributed by atoms with Crippen molar-refractivity contribution in [3.05, 3.63) is 48.3 Å². The first-order valence-corrected chi connectivity index (χ1v) is 10.5. The molecule has 0 spiro atoms. The van der Waals surface area contributed by atoms with E-state index in [1.54, 1.807) is 0 Å². The van der Waals surface area contributed by atoms with Gasteiger partial charge in [0.15, 0.2) is 5.82 Å². The van der Waals surface area contributed by atoms with E-state index in [4.69, 9.17) is 0 Å². The molecule has 2 aromatic rings. The molecule has 0 bridgehead atoms. The number of piperazine rings is 1. The Morgan fingerprint density at radius 2 is 1.79 bits per heavy atom. The van der Waals surface area contributed by atoms with Crippen LogP contribution in [-0.2, 0) is 5.54 Å². The van der Waals surface area contributed by atoms with E-state index in [1.165, 1.54) is 11.3 Å². The van der Waals surface area contributed by atoms with Gasteiger partial charge in [0.25, 0.3) is 0 Å². The molecule has 1 aromatic heterocycles. The van der Waals surface area contributed by atoms with Crippen LogP contribution in [0.3, 0.4) is 0 Å². The van der Waals surface area contributed by atoms with Crippen LogP contribution in [0.5, 0.6) is 0 Å². The van der Waals surface area contributed by atoms with E-state index in [0.29, 0.717) is 0 Å². The van der Waals surface area contributed by atoms with Crippen molar-refractivity contribution in [1.82, 2.24) is 30.0 Å². The zero-order valence-corrected chi connectivity index (χ0v) is 18.5. The van der Waals surface area contributed by atoms with Crippen LogP contribution in [0.15, 0.2) is 36.9 Å². The number of hydrogen-bond acceptors (Lipinski definition) is 6. The smallest absolute Gasteiger partial charge is 0.173 e. The van der Waals surface area contributed by atoms with Crippen LogP contribution in [0.1, 0.15) is 44.6 Å². The fraction of sp³-hybridized carbons (Fsp3) is 0.591. The van der Waals surface area contributed by atoms with Gasteiger partial charge < -0.3 is 4.90 Å². The summed E-state index contributed by atoms with van der Waals surface area (Å²) in [5.74, 6) is 0.923. The largest absolute Gasteiger partial charge is 0.378 e. The molecule has 1 unspecified atom stereocenters. The zero-order valence-electron chi connectivity index (χ0n) is 18.5. The minimum atomic E-state index is -0.134. The maximum Gasteiger partial charge on any atom is 0.173 e. The van der Waals surface area contributed by atoms with Gasteiger partial charge in [-0.25, -0.2) is 4.68 Å². The Morgan fingerprint density at radius 1 is 1.14 bits per heavy atom. The SMILES string of the molecule is C=CCN1CCN(C(c2ccc(N(C)C)cc2)c2nnnn2C(C)(C)CC)CC1. The summed E-state index contributed by atoms with van der Waals surface area (Å²) in [6.45, 7) is 15.4. The molecule has 1 fully saturated rings. The van der Waals surface area contributed by atoms with Gasteiger partial charge >= 0.3 is 0 Å². The quantitative estimate of drug-likeness (QED) is 0.639. The molecular weight excluding hydrogens is 362 g/mol. The number of benzene rings is 1. The molecule has 1 aromatic carbocycles. The molecule has 0 radical (unpaired) electrons. The van der Waals surface area contributed by atoms with Crippen LogP contribution in [0.2, 0.25) is 0 Å². The predicted molar refractivity (Wildman–Crippen MR) is 118 cm³/mol. The van der Waals surface area contributed by atoms with Crippen molar-refractivity contribution in [3.63, 3.8) is 0 Å². The number of anilines is 1. The summed E-state index contributed by atoms with van der Waals surface area (Å²) in [6, 6.07) is 8.82. The second-order valence-corrected chi connectivity index (χ2v) is 8.63. The Morgan fingerprint density at radius 3 is 2.34 bits per heavy atom. The van der Waals surface area contributed by atoms with Crippen molar-refractivity contribution in [2.45, 2.75) is 38.8 Å². The standard InChI is InChI=1S/C22H35N7/c1-7-13-27-14-16-28(17-15-27)20(18-9-11-19(12-10-18)26(5)6)21-23-24-25-29(21)22(3,4)8-2/h7,9-12,20H,1,8,13-17H2,2-6H3. The lowest BCUT2D eigenvalue weighted by Gasteiger charge is -2.39. The predicted octanol–water partition coefficient (Wildman–Crippen LogP) is 2.78. The lowest BCUT2D eigenvalue weighted by Crippen LogP contribution is -2.48. The van der Waals surface area contributed by atoms with Crippen LogP contribution in [0.25, 0.3) is 0 Å². The molecule has 7 nitrogen and oxygen atoms in total. The molecule has 0 saturated carbocycles. The molecule has 0 amide bonds. The first kappa shape index (κ1) is 21.5. The van der Waals surface area contributed by atoms with Gasteiger partial charge in [-0.3, -0.25) is 9.80 Å². The van der Waals surface area contributed by atoms with Crippen LogP contribution >= 0.6 is 0 Å². The average Bonchev–Trinajstić information content (AvgIpc) is 3.20. The highest BCUT2D eigenvalue weighted by atomic mass is 15.6. The number of tetrazole rings is 1. The first-order chi connectivity index (χ1) is 13.9. The first-order valence-electron chi connectivity index (χ1n) is 10.5. The van der Waals surface area contributed by atoms with Crippen molar-refractivity contribution < 1.29 is 0 Å². The van der Waals surface area contributed by atoms with Crippen molar-refractivity contribution >= 4 is 5.69 Å². The second kappa shape index (κ2) is 9.05. The highest BCUT2D eigenvalue weighted by Gasteiger charge is 2.33. The topological polar surface area (TPSA) is 53.3 Å². The average molecular weight is 398 g/mol. The molecule has 0 N–H and O–H groups in total. The highest BCUT2D eigenvalue weighted by molar-refractivity contribution is 5.47. The van der Waals surface area contributed by atoms with Gasteiger partial charge in [-0.1, -0.05) is 25.1 Å². The molecule has 29 heavy (non-hydrogen) atoms. The maximum atomic E-state index is 4.52. The van der Waals surface area contributed by atoms with Gasteiger partial charge in [0.1, 0.15) is 0 Å². The Kier molecular flexibility index (Phi) is 6.70. The number of rotatable bonds is 8. The van der Waals surface area contributed by atoms with Crippen molar-refractivity contribution in [3.8, 4) is 0 Å². The Hall–Kier alpha value is -2.25. The molecule has 1 atom stereocenters. The Labute approximate surface area is 175 Å². The summed E-state index contributed by atoms with van der Waals surface area (Å²) in [6.07, 6.45) is 2.95. The van der Waals surface area contributed by atoms with Crippen LogP contribution in [0.4, 0.5) is 5.69 Å². The van der Waals surface area contributed by atoms with E-state index < -0.39 is 0 Å². The third-order valence-electron chi connectivity index (χ3n) is 6.06. The van der Waals surface area contributed by atoms with Crippen molar-refractivity contribution in [2.75, 3.05) is 51.7 Å². The minimum absolute atomic E-state index is 0.0397. The van der Waals surface area contributed by atoms with E-state index in [-0.39, 0.29) is 11.6 Å². The fourth-order valence-corrected chi connectivity index (χ4v) is 3.81. The summed E-state index contributed by atoms with van der Waals surface area (Å²) in [5.41, 5.74) is 2.29. The van der Waals surface area contributed by atoms with Gasteiger partial charge in [0.2, 0.25) is 0 Å². The Balaban J connectivity index is 1.97. The minimum Gasteiger partial charge on any atom is -0.378 e. The normalized spacial score (nSPS) is 17.3. The molecule has 3 rings (SSSR count). The summed E-state index contributed by atoms with van der Waals surface area (Å²) < 4.78 is 2.02. The molecule has 2 heterocycles. The van der Waals surface area contributed by atoms with Crippen LogP contribution < -0.4 is 4.90 Å². The molecular formula is C22H35N7. The summed E-state index contributed by atoms with van der Waals surface area (Å²) in [7, 11) is 4.13. The molecule has 0 aliphatic carbocycles. The van der Waals surface area contributed by atoms with Crippen molar-refractivity contribution in [2.24, 2.45) is 0 Å². The van der Waals surface area contributed by atoms with E-state index in [9.17, 15) is 0 Å². The molecule has 7 heteroatoms. The van der Waals surface area contributed by atoms with E-state index in [0.717, 1.165) is 45.0 Å². The third-order valence-corrected chi connectivity index (χ3v) is 6.06. The second-order valence-electron chi connectivity index (χ2n) is 8.63. The van der Waals surface area contributed by atoms with Gasteiger partial charge in [-0.05, 0) is 48.4 Å². The van der Waals surface area contributed by atoms with Crippen LogP contribution in [-0.4, -0.2) is 76.8 Å². The fourth-order valence-electron chi connectivity index (χ4n) is 3.81. The Bertz CT molecular complexity index is 786. The summed E-state index contributed by atoms with van der Waals surface area (Å²) in [5, 5.41) is 13.0. The van der Waals surface area contributed by atoms with Crippen molar-refractivity contribution in [1.29, 1.82) is 0 Å². The van der Waals surface area contributed by atoms with Gasteiger partial charge in [-0.15, -0.1) is 11.7 Å². The van der Waals surface area contributed by atoms with E-state index in [1.807, 2.05) is 10.8 Å². The van der Waals surface area contributed by atoms with Gasteiger partial charge in [-0.2, -0.15) is 0 Å². The van der Waals surface area contributed by atoms with E-state index >= 15 is 0 Å². The highest BCUT2D eigenvalue weighted by Crippen LogP contribution is 2.32. The molecule has 158 valence electrons. The molecule has 1 aliphatic rings. The number of nitrogens with zero attached hydrogens (tertiary/aromatic N) is 7. The molecule has 1 aliphatic heterocycles. The maximum absolute atomic E-state index is 4.52. The third kappa shape index (κ3) is 4.67. The summed E-state index contributed by atoms with van der Waals surface area (Å²) in [4.78, 5) is 7.07. The lowest BCUT2D eigenvalue weighted by atomic mass is 9.99. The number of hydrogen-bond donors (Lipinski definition) is 0. The van der Waals surface area contributed by atoms with E-state index in [2.05, 4.69) is 95.9 Å².